The molecular weight excluding hydrogens is 208 g/mol. The Bertz CT molecular complexity index is 384. The van der Waals surface area contributed by atoms with Gasteiger partial charge in [0.25, 0.3) is 0 Å². The van der Waals surface area contributed by atoms with E-state index in [9.17, 15) is 9.59 Å². The van der Waals surface area contributed by atoms with E-state index in [0.717, 1.165) is 0 Å². The highest BCUT2D eigenvalue weighted by Crippen LogP contribution is 1.96. The van der Waals surface area contributed by atoms with Gasteiger partial charge in [-0.1, -0.05) is 0 Å². The molecule has 0 aliphatic heterocycles. The molecule has 0 aliphatic rings. The number of rotatable bonds is 5. The Labute approximate surface area is 94.2 Å². The summed E-state index contributed by atoms with van der Waals surface area (Å²) < 4.78 is 1.55. The maximum Gasteiger partial charge on any atom is 0.234 e. The molecule has 0 bridgehead atoms. The zero-order valence-corrected chi connectivity index (χ0v) is 9.73. The highest BCUT2D eigenvalue weighted by Gasteiger charge is 2.09. The molecule has 0 spiro atoms. The predicted octanol–water partition coefficient (Wildman–Crippen LogP) is -0.719. The van der Waals surface area contributed by atoms with Gasteiger partial charge in [0.2, 0.25) is 5.91 Å². The molecule has 0 atom stereocenters. The van der Waals surface area contributed by atoms with Gasteiger partial charge in [0.05, 0.1) is 24.8 Å². The summed E-state index contributed by atoms with van der Waals surface area (Å²) in [5.41, 5.74) is 0.507. The van der Waals surface area contributed by atoms with Crippen molar-refractivity contribution in [3.63, 3.8) is 0 Å². The van der Waals surface area contributed by atoms with Crippen molar-refractivity contribution in [1.82, 2.24) is 20.0 Å². The molecule has 1 rings (SSSR count). The first-order chi connectivity index (χ1) is 7.49. The van der Waals surface area contributed by atoms with E-state index in [1.165, 1.54) is 6.20 Å². The van der Waals surface area contributed by atoms with E-state index in [1.807, 2.05) is 0 Å². The molecule has 6 heteroatoms. The van der Waals surface area contributed by atoms with Crippen molar-refractivity contribution in [2.75, 3.05) is 27.2 Å². The molecule has 0 aromatic carbocycles. The highest BCUT2D eigenvalue weighted by molar-refractivity contribution is 5.99. The molecule has 0 saturated heterocycles. The third-order valence-corrected chi connectivity index (χ3v) is 1.93. The Kier molecular flexibility index (Phi) is 4.19. The Morgan fingerprint density at radius 1 is 1.50 bits per heavy atom. The number of carbonyl (C=O) groups excluding carboxylic acids is 2. The average molecular weight is 224 g/mol. The first-order valence-electron chi connectivity index (χ1n) is 4.92. The highest BCUT2D eigenvalue weighted by atomic mass is 16.2. The summed E-state index contributed by atoms with van der Waals surface area (Å²) in [5.74, 6) is -0.303. The van der Waals surface area contributed by atoms with Crippen molar-refractivity contribution in [3.8, 4) is 0 Å². The minimum absolute atomic E-state index is 0.0123. The van der Waals surface area contributed by atoms with Gasteiger partial charge in [-0.3, -0.25) is 14.3 Å². The number of Topliss-reactive ketones (excluding diaryl/α,β-unsaturated/α-hetero) is 1. The fraction of sp³-hybridized carbons (Fsp3) is 0.500. The lowest BCUT2D eigenvalue weighted by atomic mass is 10.2. The van der Waals surface area contributed by atoms with Crippen LogP contribution in [0.3, 0.4) is 0 Å². The number of hydrogen-bond acceptors (Lipinski definition) is 4. The summed E-state index contributed by atoms with van der Waals surface area (Å²) in [6.07, 6.45) is 3.11. The molecule has 1 aromatic rings. The number of amides is 1. The molecule has 88 valence electrons. The van der Waals surface area contributed by atoms with E-state index in [4.69, 9.17) is 0 Å². The number of nitrogens with one attached hydrogen (secondary N) is 1. The average Bonchev–Trinajstić information content (AvgIpc) is 2.60. The molecule has 0 saturated carbocycles. The second-order valence-electron chi connectivity index (χ2n) is 3.84. The fourth-order valence-corrected chi connectivity index (χ4v) is 1.19. The van der Waals surface area contributed by atoms with Crippen LogP contribution in [-0.2, 0) is 11.8 Å². The molecule has 1 amide bonds. The van der Waals surface area contributed by atoms with Gasteiger partial charge >= 0.3 is 0 Å². The quantitative estimate of drug-likeness (QED) is 0.670. The Hall–Kier alpha value is -1.69. The van der Waals surface area contributed by atoms with Crippen molar-refractivity contribution in [2.24, 2.45) is 7.05 Å². The van der Waals surface area contributed by atoms with Crippen molar-refractivity contribution in [1.29, 1.82) is 0 Å². The summed E-state index contributed by atoms with van der Waals surface area (Å²) in [6, 6.07) is 0. The van der Waals surface area contributed by atoms with Gasteiger partial charge in [-0.2, -0.15) is 5.10 Å². The molecule has 0 aliphatic carbocycles. The third-order valence-electron chi connectivity index (χ3n) is 1.93. The van der Waals surface area contributed by atoms with Crippen LogP contribution in [0.15, 0.2) is 12.4 Å². The van der Waals surface area contributed by atoms with Crippen LogP contribution in [0.25, 0.3) is 0 Å². The maximum atomic E-state index is 11.6. The van der Waals surface area contributed by atoms with Crippen LogP contribution in [0.5, 0.6) is 0 Å². The monoisotopic (exact) mass is 224 g/mol. The summed E-state index contributed by atoms with van der Waals surface area (Å²) in [7, 11) is 5.33. The Morgan fingerprint density at radius 2 is 2.19 bits per heavy atom. The number of aromatic nitrogens is 2. The Morgan fingerprint density at radius 3 is 2.69 bits per heavy atom. The van der Waals surface area contributed by atoms with Crippen molar-refractivity contribution < 1.29 is 9.59 Å². The molecular formula is C10H16N4O2. The van der Waals surface area contributed by atoms with Crippen LogP contribution in [0.4, 0.5) is 0 Å². The molecule has 16 heavy (non-hydrogen) atoms. The third kappa shape index (κ3) is 3.82. The fourth-order valence-electron chi connectivity index (χ4n) is 1.19. The summed E-state index contributed by atoms with van der Waals surface area (Å²) in [4.78, 5) is 24.6. The predicted molar refractivity (Wildman–Crippen MR) is 59.1 cm³/mol. The lowest BCUT2D eigenvalue weighted by Crippen LogP contribution is -2.36. The maximum absolute atomic E-state index is 11.6. The normalized spacial score (nSPS) is 10.5. The van der Waals surface area contributed by atoms with E-state index in [-0.39, 0.29) is 24.8 Å². The van der Waals surface area contributed by atoms with Crippen LogP contribution < -0.4 is 5.32 Å². The van der Waals surface area contributed by atoms with Crippen molar-refractivity contribution in [3.05, 3.63) is 18.0 Å². The van der Waals surface area contributed by atoms with Gasteiger partial charge in [-0.05, 0) is 14.1 Å². The van der Waals surface area contributed by atoms with Gasteiger partial charge in [0, 0.05) is 13.2 Å². The van der Waals surface area contributed by atoms with Gasteiger partial charge in [-0.15, -0.1) is 0 Å². The zero-order valence-electron chi connectivity index (χ0n) is 9.73. The number of nitrogens with zero attached hydrogens (tertiary/aromatic N) is 3. The first-order valence-corrected chi connectivity index (χ1v) is 4.92. The number of carbonyl (C=O) groups is 2. The SMILES string of the molecule is CN(C)CC(=O)NCC(=O)c1cnn(C)c1. The smallest absolute Gasteiger partial charge is 0.234 e. The van der Waals surface area contributed by atoms with Crippen LogP contribution >= 0.6 is 0 Å². The first kappa shape index (κ1) is 12.4. The topological polar surface area (TPSA) is 67.2 Å². The second-order valence-corrected chi connectivity index (χ2v) is 3.84. The van der Waals surface area contributed by atoms with Crippen LogP contribution in [0, 0.1) is 0 Å². The van der Waals surface area contributed by atoms with E-state index in [0.29, 0.717) is 5.56 Å². The number of aryl methyl sites for hydroxylation is 1. The molecule has 1 N–H and O–H groups in total. The molecule has 6 nitrogen and oxygen atoms in total. The largest absolute Gasteiger partial charge is 0.348 e. The number of ketones is 1. The van der Waals surface area contributed by atoms with Gasteiger partial charge in [0.1, 0.15) is 0 Å². The molecule has 0 radical (unpaired) electrons. The van der Waals surface area contributed by atoms with Crippen LogP contribution in [-0.4, -0.2) is 53.6 Å². The van der Waals surface area contributed by atoms with E-state index >= 15 is 0 Å². The molecule has 1 heterocycles. The van der Waals surface area contributed by atoms with Crippen LogP contribution in [0.1, 0.15) is 10.4 Å². The standard InChI is InChI=1S/C10H16N4O2/c1-13(2)7-10(16)11-5-9(15)8-4-12-14(3)6-8/h4,6H,5,7H2,1-3H3,(H,11,16). The van der Waals surface area contributed by atoms with Gasteiger partial charge in [-0.25, -0.2) is 0 Å². The van der Waals surface area contributed by atoms with Crippen LogP contribution in [0.2, 0.25) is 0 Å². The minimum Gasteiger partial charge on any atom is -0.348 e. The minimum atomic E-state index is -0.165. The molecule has 0 fully saturated rings. The summed E-state index contributed by atoms with van der Waals surface area (Å²) in [5, 5.41) is 6.44. The van der Waals surface area contributed by atoms with Crippen molar-refractivity contribution in [2.45, 2.75) is 0 Å². The summed E-state index contributed by atoms with van der Waals surface area (Å²) >= 11 is 0. The number of likely N-dealkylation sites (N-methyl/N-ethyl adjacent to an activating group) is 1. The molecule has 0 unspecified atom stereocenters. The van der Waals surface area contributed by atoms with E-state index in [2.05, 4.69) is 10.4 Å². The lowest BCUT2D eigenvalue weighted by Gasteiger charge is -2.08. The van der Waals surface area contributed by atoms with Gasteiger partial charge < -0.3 is 10.2 Å². The Balaban J connectivity index is 2.38. The van der Waals surface area contributed by atoms with E-state index < -0.39 is 0 Å². The molecule has 1 aromatic heterocycles. The second kappa shape index (κ2) is 5.41. The zero-order chi connectivity index (χ0) is 12.1. The van der Waals surface area contributed by atoms with E-state index in [1.54, 1.807) is 36.9 Å². The lowest BCUT2D eigenvalue weighted by molar-refractivity contribution is -0.121. The van der Waals surface area contributed by atoms with Crippen molar-refractivity contribution >= 4 is 11.7 Å². The summed E-state index contributed by atoms with van der Waals surface area (Å²) in [6.45, 7) is 0.290. The number of hydrogen-bond donors (Lipinski definition) is 1. The van der Waals surface area contributed by atoms with Gasteiger partial charge in [0.15, 0.2) is 5.78 Å².